The summed E-state index contributed by atoms with van der Waals surface area (Å²) in [6, 6.07) is 0.191. The molecule has 0 bridgehead atoms. The third-order valence-electron chi connectivity index (χ3n) is 4.87. The minimum Gasteiger partial charge on any atom is -0.315 e. The van der Waals surface area contributed by atoms with Crippen LogP contribution in [-0.4, -0.2) is 55.8 Å². The molecule has 0 aromatic rings. The van der Waals surface area contributed by atoms with Crippen molar-refractivity contribution in [3.05, 3.63) is 0 Å². The van der Waals surface area contributed by atoms with E-state index in [1.165, 1.54) is 6.42 Å². The summed E-state index contributed by atoms with van der Waals surface area (Å²) >= 11 is 0. The second kappa shape index (κ2) is 5.31. The van der Waals surface area contributed by atoms with Crippen molar-refractivity contribution < 1.29 is 8.42 Å². The number of hydrogen-bond acceptors (Lipinski definition) is 3. The Morgan fingerprint density at radius 2 is 1.89 bits per heavy atom. The van der Waals surface area contributed by atoms with Crippen LogP contribution >= 0.6 is 0 Å². The summed E-state index contributed by atoms with van der Waals surface area (Å²) in [6.45, 7) is 6.06. The Hall–Kier alpha value is -0.170. The van der Waals surface area contributed by atoms with Crippen LogP contribution in [0.1, 0.15) is 32.6 Å². The standard InChI is InChI=1S/C13H25N3O2S/c1-11-4-2-6-15(10-11)19(17,18)16-7-3-5-12-8-14-9-13(12)16/h11-14H,2-10H2,1H3. The first-order valence-electron chi connectivity index (χ1n) is 7.56. The van der Waals surface area contributed by atoms with E-state index in [0.717, 1.165) is 32.4 Å². The van der Waals surface area contributed by atoms with Gasteiger partial charge in [0.25, 0.3) is 10.2 Å². The first-order chi connectivity index (χ1) is 9.09. The molecule has 0 saturated carbocycles. The van der Waals surface area contributed by atoms with Crippen molar-refractivity contribution in [2.75, 3.05) is 32.7 Å². The lowest BCUT2D eigenvalue weighted by Gasteiger charge is -2.40. The van der Waals surface area contributed by atoms with E-state index in [-0.39, 0.29) is 6.04 Å². The molecule has 0 aromatic heterocycles. The predicted molar refractivity (Wildman–Crippen MR) is 75.0 cm³/mol. The van der Waals surface area contributed by atoms with Crippen LogP contribution in [0.2, 0.25) is 0 Å². The van der Waals surface area contributed by atoms with E-state index in [2.05, 4.69) is 12.2 Å². The molecule has 3 saturated heterocycles. The molecule has 1 N–H and O–H groups in total. The van der Waals surface area contributed by atoms with Gasteiger partial charge in [-0.3, -0.25) is 0 Å². The molecule has 0 spiro atoms. The van der Waals surface area contributed by atoms with Crippen LogP contribution in [0.5, 0.6) is 0 Å². The molecule has 5 nitrogen and oxygen atoms in total. The normalized spacial score (nSPS) is 38.3. The fourth-order valence-corrected chi connectivity index (χ4v) is 5.86. The maximum Gasteiger partial charge on any atom is 0.282 e. The molecular weight excluding hydrogens is 262 g/mol. The van der Waals surface area contributed by atoms with Gasteiger partial charge in [0.1, 0.15) is 0 Å². The van der Waals surface area contributed by atoms with Gasteiger partial charge >= 0.3 is 0 Å². The maximum atomic E-state index is 12.9. The zero-order chi connectivity index (χ0) is 13.5. The smallest absolute Gasteiger partial charge is 0.282 e. The number of hydrogen-bond donors (Lipinski definition) is 1. The van der Waals surface area contributed by atoms with Crippen LogP contribution in [0.4, 0.5) is 0 Å². The lowest BCUT2D eigenvalue weighted by atomic mass is 9.94. The predicted octanol–water partition coefficient (Wildman–Crippen LogP) is 0.647. The fraction of sp³-hybridized carbons (Fsp3) is 1.00. The summed E-state index contributed by atoms with van der Waals surface area (Å²) in [7, 11) is -3.25. The zero-order valence-electron chi connectivity index (χ0n) is 11.7. The van der Waals surface area contributed by atoms with E-state index in [9.17, 15) is 8.42 Å². The highest BCUT2D eigenvalue weighted by molar-refractivity contribution is 7.86. The molecule has 6 heteroatoms. The van der Waals surface area contributed by atoms with Crippen LogP contribution < -0.4 is 5.32 Å². The van der Waals surface area contributed by atoms with Crippen molar-refractivity contribution in [1.82, 2.24) is 13.9 Å². The van der Waals surface area contributed by atoms with Gasteiger partial charge in [0.05, 0.1) is 0 Å². The Morgan fingerprint density at radius 3 is 2.68 bits per heavy atom. The van der Waals surface area contributed by atoms with Crippen molar-refractivity contribution in [2.45, 2.75) is 38.6 Å². The van der Waals surface area contributed by atoms with Gasteiger partial charge in [0, 0.05) is 32.2 Å². The first-order valence-corrected chi connectivity index (χ1v) is 8.96. The molecule has 3 aliphatic rings. The summed E-state index contributed by atoms with van der Waals surface area (Å²) < 4.78 is 29.2. The van der Waals surface area contributed by atoms with Crippen molar-refractivity contribution in [1.29, 1.82) is 0 Å². The van der Waals surface area contributed by atoms with Crippen molar-refractivity contribution in [3.63, 3.8) is 0 Å². The van der Waals surface area contributed by atoms with Gasteiger partial charge in [0.15, 0.2) is 0 Å². The molecule has 0 radical (unpaired) electrons. The van der Waals surface area contributed by atoms with Crippen molar-refractivity contribution in [2.24, 2.45) is 11.8 Å². The summed E-state index contributed by atoms with van der Waals surface area (Å²) in [6.07, 6.45) is 4.33. The van der Waals surface area contributed by atoms with E-state index >= 15 is 0 Å². The molecule has 3 fully saturated rings. The van der Waals surface area contributed by atoms with Gasteiger partial charge in [0.2, 0.25) is 0 Å². The minimum atomic E-state index is -3.25. The van der Waals surface area contributed by atoms with Crippen LogP contribution in [0.15, 0.2) is 0 Å². The van der Waals surface area contributed by atoms with E-state index in [1.807, 2.05) is 0 Å². The SMILES string of the molecule is CC1CCCN(S(=O)(=O)N2CCCC3CNCC32)C1. The lowest BCUT2D eigenvalue weighted by Crippen LogP contribution is -2.55. The van der Waals surface area contributed by atoms with Gasteiger partial charge in [-0.2, -0.15) is 17.0 Å². The molecule has 3 unspecified atom stereocenters. The Labute approximate surface area is 116 Å². The number of fused-ring (bicyclic) bond motifs is 1. The topological polar surface area (TPSA) is 52.7 Å². The molecular formula is C13H25N3O2S. The summed E-state index contributed by atoms with van der Waals surface area (Å²) in [5.41, 5.74) is 0. The van der Waals surface area contributed by atoms with Crippen LogP contribution in [0.25, 0.3) is 0 Å². The van der Waals surface area contributed by atoms with Crippen LogP contribution in [-0.2, 0) is 10.2 Å². The third kappa shape index (κ3) is 2.55. The molecule has 19 heavy (non-hydrogen) atoms. The second-order valence-corrected chi connectivity index (χ2v) is 8.23. The van der Waals surface area contributed by atoms with Gasteiger partial charge < -0.3 is 5.32 Å². The minimum absolute atomic E-state index is 0.191. The van der Waals surface area contributed by atoms with Gasteiger partial charge in [-0.1, -0.05) is 6.92 Å². The number of nitrogens with one attached hydrogen (secondary N) is 1. The zero-order valence-corrected chi connectivity index (χ0v) is 12.5. The molecule has 3 aliphatic heterocycles. The van der Waals surface area contributed by atoms with E-state index in [4.69, 9.17) is 0 Å². The average molecular weight is 287 g/mol. The first kappa shape index (κ1) is 13.8. The third-order valence-corrected chi connectivity index (χ3v) is 6.90. The fourth-order valence-electron chi connectivity index (χ4n) is 3.82. The van der Waals surface area contributed by atoms with Crippen LogP contribution in [0.3, 0.4) is 0 Å². The average Bonchev–Trinajstić information content (AvgIpc) is 2.86. The van der Waals surface area contributed by atoms with Gasteiger partial charge in [-0.05, 0) is 44.1 Å². The molecule has 0 aliphatic carbocycles. The molecule has 3 atom stereocenters. The highest BCUT2D eigenvalue weighted by atomic mass is 32.2. The van der Waals surface area contributed by atoms with E-state index in [1.54, 1.807) is 8.61 Å². The Balaban J connectivity index is 1.78. The Morgan fingerprint density at radius 1 is 1.11 bits per heavy atom. The van der Waals surface area contributed by atoms with Crippen molar-refractivity contribution >= 4 is 10.2 Å². The summed E-state index contributed by atoms with van der Waals surface area (Å²) in [4.78, 5) is 0. The van der Waals surface area contributed by atoms with Gasteiger partial charge in [-0.25, -0.2) is 0 Å². The molecule has 0 amide bonds. The Kier molecular flexibility index (Phi) is 3.86. The van der Waals surface area contributed by atoms with E-state index < -0.39 is 10.2 Å². The molecule has 0 aromatic carbocycles. The highest BCUT2D eigenvalue weighted by Crippen LogP contribution is 2.31. The quantitative estimate of drug-likeness (QED) is 0.811. The Bertz CT molecular complexity index is 426. The van der Waals surface area contributed by atoms with Crippen LogP contribution in [0, 0.1) is 11.8 Å². The molecule has 3 heterocycles. The highest BCUT2D eigenvalue weighted by Gasteiger charge is 2.43. The monoisotopic (exact) mass is 287 g/mol. The number of rotatable bonds is 2. The van der Waals surface area contributed by atoms with Crippen molar-refractivity contribution in [3.8, 4) is 0 Å². The van der Waals surface area contributed by atoms with E-state index in [0.29, 0.717) is 31.5 Å². The van der Waals surface area contributed by atoms with Gasteiger partial charge in [-0.15, -0.1) is 0 Å². The largest absolute Gasteiger partial charge is 0.315 e. The molecule has 110 valence electrons. The summed E-state index contributed by atoms with van der Waals surface area (Å²) in [5.74, 6) is 1.01. The maximum absolute atomic E-state index is 12.9. The number of nitrogens with zero attached hydrogens (tertiary/aromatic N) is 2. The summed E-state index contributed by atoms with van der Waals surface area (Å²) in [5, 5.41) is 3.35. The molecule has 3 rings (SSSR count). The second-order valence-electron chi connectivity index (χ2n) is 6.35. The number of piperidine rings is 2. The lowest BCUT2D eigenvalue weighted by molar-refractivity contribution is 0.189.